The van der Waals surface area contributed by atoms with Crippen LogP contribution in [0, 0.1) is 0 Å². The molecule has 1 aliphatic heterocycles. The molecule has 0 bridgehead atoms. The van der Waals surface area contributed by atoms with Gasteiger partial charge in [-0.1, -0.05) is 11.2 Å². The van der Waals surface area contributed by atoms with Crippen LogP contribution in [0.5, 0.6) is 0 Å². The Morgan fingerprint density at radius 3 is 3.12 bits per heavy atom. The molecule has 7 heteroatoms. The molecule has 1 aliphatic rings. The van der Waals surface area contributed by atoms with E-state index in [9.17, 15) is 4.79 Å². The second-order valence-electron chi connectivity index (χ2n) is 3.15. The Bertz CT molecular complexity index is 418. The number of benzene rings is 1. The van der Waals surface area contributed by atoms with Gasteiger partial charge in [-0.2, -0.15) is 0 Å². The van der Waals surface area contributed by atoms with Crippen molar-refractivity contribution in [1.29, 1.82) is 0 Å². The van der Waals surface area contributed by atoms with Crippen LogP contribution < -0.4 is 26.7 Å². The third-order valence-corrected chi connectivity index (χ3v) is 2.06. The molecular formula is C9H13N6O+. The molecule has 2 rings (SSSR count). The smallest absolute Gasteiger partial charge is 0.318 e. The van der Waals surface area contributed by atoms with Gasteiger partial charge in [-0.15, -0.1) is 5.53 Å². The molecule has 0 atom stereocenters. The lowest BCUT2D eigenvalue weighted by Gasteiger charge is -2.12. The van der Waals surface area contributed by atoms with E-state index in [0.29, 0.717) is 0 Å². The average Bonchev–Trinajstić information content (AvgIpc) is 2.83. The fourth-order valence-corrected chi connectivity index (χ4v) is 1.30. The third kappa shape index (κ3) is 2.27. The molecule has 0 unspecified atom stereocenters. The topological polar surface area (TPSA) is 85.4 Å². The van der Waals surface area contributed by atoms with E-state index in [1.54, 1.807) is 23.9 Å². The summed E-state index contributed by atoms with van der Waals surface area (Å²) in [5.41, 5.74) is 6.12. The Morgan fingerprint density at radius 2 is 2.44 bits per heavy atom. The Labute approximate surface area is 92.4 Å². The number of amides is 2. The summed E-state index contributed by atoms with van der Waals surface area (Å²) in [4.78, 5) is 11.1. The van der Waals surface area contributed by atoms with E-state index >= 15 is 0 Å². The number of anilines is 2. The van der Waals surface area contributed by atoms with Crippen LogP contribution in [0.2, 0.25) is 0 Å². The monoisotopic (exact) mass is 221 g/mol. The normalized spacial score (nSPS) is 13.9. The molecule has 2 amide bonds. The van der Waals surface area contributed by atoms with Crippen molar-refractivity contribution < 1.29 is 10.3 Å². The fraction of sp³-hybridized carbons (Fsp3) is 0.111. The minimum absolute atomic E-state index is 0.244. The van der Waals surface area contributed by atoms with Gasteiger partial charge in [0.1, 0.15) is 0 Å². The summed E-state index contributed by atoms with van der Waals surface area (Å²) in [7, 11) is 1.57. The minimum Gasteiger partial charge on any atom is -0.341 e. The number of hydrogen-bond acceptors (Lipinski definition) is 4. The lowest BCUT2D eigenvalue weighted by Crippen LogP contribution is -2.87. The third-order valence-electron chi connectivity index (χ3n) is 2.06. The molecule has 0 saturated heterocycles. The van der Waals surface area contributed by atoms with Crippen molar-refractivity contribution in [3.8, 4) is 0 Å². The van der Waals surface area contributed by atoms with Gasteiger partial charge in [0.05, 0.1) is 5.69 Å². The van der Waals surface area contributed by atoms with Crippen molar-refractivity contribution in [2.45, 2.75) is 0 Å². The Kier molecular flexibility index (Phi) is 2.99. The highest BCUT2D eigenvalue weighted by molar-refractivity contribution is 5.90. The zero-order valence-corrected chi connectivity index (χ0v) is 8.77. The zero-order chi connectivity index (χ0) is 11.4. The van der Waals surface area contributed by atoms with Crippen molar-refractivity contribution in [3.05, 3.63) is 24.3 Å². The van der Waals surface area contributed by atoms with Gasteiger partial charge in [0.15, 0.2) is 6.34 Å². The molecule has 0 fully saturated rings. The molecule has 5 N–H and O–H groups in total. The first-order valence-corrected chi connectivity index (χ1v) is 4.79. The molecular weight excluding hydrogens is 208 g/mol. The van der Waals surface area contributed by atoms with Crippen LogP contribution in [0.25, 0.3) is 0 Å². The van der Waals surface area contributed by atoms with Crippen molar-refractivity contribution in [2.75, 3.05) is 17.4 Å². The zero-order valence-electron chi connectivity index (χ0n) is 8.77. The summed E-state index contributed by atoms with van der Waals surface area (Å²) in [5.74, 6) is 0. The van der Waals surface area contributed by atoms with E-state index in [1.807, 2.05) is 24.3 Å². The van der Waals surface area contributed by atoms with Crippen molar-refractivity contribution in [1.82, 2.24) is 10.9 Å². The maximum Gasteiger partial charge on any atom is 0.318 e. The Balaban J connectivity index is 2.12. The van der Waals surface area contributed by atoms with Gasteiger partial charge < -0.3 is 10.6 Å². The van der Waals surface area contributed by atoms with Crippen molar-refractivity contribution in [3.63, 3.8) is 0 Å². The summed E-state index contributed by atoms with van der Waals surface area (Å²) in [6.45, 7) is 0. The summed E-state index contributed by atoms with van der Waals surface area (Å²) in [6, 6.07) is 7.18. The lowest BCUT2D eigenvalue weighted by molar-refractivity contribution is -0.708. The molecule has 0 aromatic heterocycles. The number of hydrogen-bond donors (Lipinski definition) is 4. The molecule has 0 aliphatic carbocycles. The molecule has 0 radical (unpaired) electrons. The first-order valence-electron chi connectivity index (χ1n) is 4.79. The summed E-state index contributed by atoms with van der Waals surface area (Å²) in [5, 5.41) is 10.8. The largest absolute Gasteiger partial charge is 0.341 e. The number of nitrogens with zero attached hydrogens (tertiary/aromatic N) is 2. The Morgan fingerprint density at radius 1 is 1.56 bits per heavy atom. The van der Waals surface area contributed by atoms with Gasteiger partial charge in [-0.05, 0) is 23.7 Å². The minimum atomic E-state index is -0.244. The SMILES string of the molecule is CNC(=O)Nc1cccc(N2C=N[NH2+]N2)c1. The second-order valence-corrected chi connectivity index (χ2v) is 3.15. The van der Waals surface area contributed by atoms with E-state index in [2.05, 4.69) is 21.3 Å². The number of rotatable bonds is 2. The summed E-state index contributed by atoms with van der Waals surface area (Å²) < 4.78 is 0. The fourth-order valence-electron chi connectivity index (χ4n) is 1.30. The number of hydrazine groups is 1. The highest BCUT2D eigenvalue weighted by atomic mass is 16.2. The van der Waals surface area contributed by atoms with E-state index in [0.717, 1.165) is 11.4 Å². The molecule has 84 valence electrons. The van der Waals surface area contributed by atoms with Gasteiger partial charge in [0.2, 0.25) is 0 Å². The van der Waals surface area contributed by atoms with Crippen LogP contribution in [0.4, 0.5) is 16.2 Å². The maximum absolute atomic E-state index is 11.1. The first-order chi connectivity index (χ1) is 7.79. The molecule has 1 heterocycles. The van der Waals surface area contributed by atoms with Crippen molar-refractivity contribution >= 4 is 23.7 Å². The first kappa shape index (κ1) is 10.4. The maximum atomic E-state index is 11.1. The predicted octanol–water partition coefficient (Wildman–Crippen LogP) is -0.816. The molecule has 7 nitrogen and oxygen atoms in total. The number of quaternary nitrogens is 1. The van der Waals surface area contributed by atoms with Gasteiger partial charge in [-0.3, -0.25) is 0 Å². The quantitative estimate of drug-likeness (QED) is 0.492. The molecule has 16 heavy (non-hydrogen) atoms. The second kappa shape index (κ2) is 4.60. The van der Waals surface area contributed by atoms with E-state index in [-0.39, 0.29) is 6.03 Å². The van der Waals surface area contributed by atoms with Crippen LogP contribution in [-0.2, 0) is 0 Å². The molecule has 1 aromatic rings. The number of nitrogens with two attached hydrogens (primary N) is 1. The van der Waals surface area contributed by atoms with Crippen LogP contribution in [0.1, 0.15) is 0 Å². The highest BCUT2D eigenvalue weighted by Crippen LogP contribution is 2.17. The number of carbonyl (C=O) groups excluding carboxylic acids is 1. The van der Waals surface area contributed by atoms with E-state index < -0.39 is 0 Å². The lowest BCUT2D eigenvalue weighted by atomic mass is 10.3. The summed E-state index contributed by atoms with van der Waals surface area (Å²) >= 11 is 0. The Hall–Kier alpha value is -2.12. The van der Waals surface area contributed by atoms with Crippen LogP contribution in [0.3, 0.4) is 0 Å². The number of carbonyl (C=O) groups is 1. The molecule has 0 spiro atoms. The number of nitrogens with one attached hydrogen (secondary N) is 3. The van der Waals surface area contributed by atoms with Crippen molar-refractivity contribution in [2.24, 2.45) is 5.10 Å². The van der Waals surface area contributed by atoms with Crippen LogP contribution in [-0.4, -0.2) is 19.4 Å². The highest BCUT2D eigenvalue weighted by Gasteiger charge is 2.10. The molecule has 1 aromatic carbocycles. The standard InChI is InChI=1S/C9H12N6O/c1-10-9(16)12-7-3-2-4-8(5-7)15-6-11-13-14-15/h2-6,13-14H,1H3,(H2,10,12,16)/p+1. The van der Waals surface area contributed by atoms with Gasteiger partial charge >= 0.3 is 6.03 Å². The molecule has 0 saturated carbocycles. The van der Waals surface area contributed by atoms with Crippen LogP contribution in [0.15, 0.2) is 29.4 Å². The van der Waals surface area contributed by atoms with E-state index in [4.69, 9.17) is 0 Å². The van der Waals surface area contributed by atoms with Gasteiger partial charge in [0.25, 0.3) is 0 Å². The van der Waals surface area contributed by atoms with Crippen LogP contribution >= 0.6 is 0 Å². The average molecular weight is 221 g/mol. The van der Waals surface area contributed by atoms with E-state index in [1.165, 1.54) is 0 Å². The number of urea groups is 1. The summed E-state index contributed by atoms with van der Waals surface area (Å²) in [6.07, 6.45) is 1.65. The van der Waals surface area contributed by atoms with Gasteiger partial charge in [-0.25, -0.2) is 9.80 Å². The predicted molar refractivity (Wildman–Crippen MR) is 60.6 cm³/mol. The van der Waals surface area contributed by atoms with Gasteiger partial charge in [0, 0.05) is 12.7 Å².